The number of morpholine rings is 1. The highest BCUT2D eigenvalue weighted by molar-refractivity contribution is 7.12. The molecule has 2 aromatic rings. The zero-order valence-electron chi connectivity index (χ0n) is 13.3. The van der Waals surface area contributed by atoms with Gasteiger partial charge < -0.3 is 15.4 Å². The van der Waals surface area contributed by atoms with Crippen LogP contribution in [0.4, 0.5) is 0 Å². The van der Waals surface area contributed by atoms with Crippen molar-refractivity contribution in [2.24, 2.45) is 5.73 Å². The summed E-state index contributed by atoms with van der Waals surface area (Å²) in [4.78, 5) is 30.4. The van der Waals surface area contributed by atoms with Gasteiger partial charge in [0, 0.05) is 18.3 Å². The van der Waals surface area contributed by atoms with Gasteiger partial charge in [0.2, 0.25) is 5.91 Å². The molecule has 0 saturated carbocycles. The Kier molecular flexibility index (Phi) is 4.91. The first kappa shape index (κ1) is 16.6. The molecule has 1 aliphatic rings. The summed E-state index contributed by atoms with van der Waals surface area (Å²) in [6.45, 7) is 3.36. The van der Waals surface area contributed by atoms with Crippen LogP contribution in [0.2, 0.25) is 0 Å². The number of amides is 2. The second kappa shape index (κ2) is 7.10. The molecule has 9 heteroatoms. The molecule has 0 spiro atoms. The van der Waals surface area contributed by atoms with E-state index in [0.29, 0.717) is 36.0 Å². The number of nitrogens with one attached hydrogen (secondary N) is 1. The molecule has 1 saturated heterocycles. The lowest BCUT2D eigenvalue weighted by molar-refractivity contribution is -0.0265. The number of aromatic amines is 1. The third-order valence-corrected chi connectivity index (χ3v) is 4.69. The molecule has 3 N–H and O–H groups in total. The van der Waals surface area contributed by atoms with Crippen LogP contribution in [0.15, 0.2) is 11.4 Å². The van der Waals surface area contributed by atoms with E-state index in [1.165, 1.54) is 17.4 Å². The van der Waals surface area contributed by atoms with Gasteiger partial charge in [0.1, 0.15) is 11.9 Å². The summed E-state index contributed by atoms with van der Waals surface area (Å²) in [6, 6.07) is 1.53. The first-order chi connectivity index (χ1) is 11.6. The first-order valence-corrected chi connectivity index (χ1v) is 8.66. The molecule has 1 aliphatic heterocycles. The maximum absolute atomic E-state index is 12.6. The van der Waals surface area contributed by atoms with E-state index < -0.39 is 5.91 Å². The standard InChI is InChI=1S/C15H19N5O3S/c1-2-3-12-17-14(19-18-12)10-7-20(4-5-23-10)15(22)11-6-9(8-24-11)13(16)21/h6,8,10H,2-5,7H2,1H3,(H2,16,21)(H,17,18,19)/t10-/m1/s1. The molecular formula is C15H19N5O3S. The predicted molar refractivity (Wildman–Crippen MR) is 87.8 cm³/mol. The average Bonchev–Trinajstić information content (AvgIpc) is 3.24. The predicted octanol–water partition coefficient (Wildman–Crippen LogP) is 1.13. The van der Waals surface area contributed by atoms with E-state index >= 15 is 0 Å². The van der Waals surface area contributed by atoms with Crippen LogP contribution in [0.25, 0.3) is 0 Å². The fourth-order valence-corrected chi connectivity index (χ4v) is 3.39. The van der Waals surface area contributed by atoms with Gasteiger partial charge in [-0.2, -0.15) is 5.10 Å². The molecule has 0 bridgehead atoms. The Morgan fingerprint density at radius 1 is 1.54 bits per heavy atom. The lowest BCUT2D eigenvalue weighted by Gasteiger charge is -2.31. The Morgan fingerprint density at radius 2 is 2.38 bits per heavy atom. The number of ether oxygens (including phenoxy) is 1. The van der Waals surface area contributed by atoms with Gasteiger partial charge in [0.05, 0.1) is 23.6 Å². The monoisotopic (exact) mass is 349 g/mol. The molecule has 2 amide bonds. The van der Waals surface area contributed by atoms with Crippen molar-refractivity contribution in [3.63, 3.8) is 0 Å². The lowest BCUT2D eigenvalue weighted by Crippen LogP contribution is -2.42. The van der Waals surface area contributed by atoms with Gasteiger partial charge in [0.25, 0.3) is 5.91 Å². The van der Waals surface area contributed by atoms with Crippen LogP contribution in [0.3, 0.4) is 0 Å². The minimum Gasteiger partial charge on any atom is -0.366 e. The quantitative estimate of drug-likeness (QED) is 0.840. The fourth-order valence-electron chi connectivity index (χ4n) is 2.53. The van der Waals surface area contributed by atoms with E-state index in [0.717, 1.165) is 18.7 Å². The smallest absolute Gasteiger partial charge is 0.264 e. The minimum absolute atomic E-state index is 0.134. The van der Waals surface area contributed by atoms with Crippen LogP contribution >= 0.6 is 11.3 Å². The van der Waals surface area contributed by atoms with E-state index in [2.05, 4.69) is 22.1 Å². The number of aryl methyl sites for hydroxylation is 1. The number of H-pyrrole nitrogens is 1. The second-order valence-electron chi connectivity index (χ2n) is 5.56. The minimum atomic E-state index is -0.533. The van der Waals surface area contributed by atoms with Crippen molar-refractivity contribution in [2.75, 3.05) is 19.7 Å². The largest absolute Gasteiger partial charge is 0.366 e. The number of carbonyl (C=O) groups is 2. The molecule has 8 nitrogen and oxygen atoms in total. The Morgan fingerprint density at radius 3 is 3.08 bits per heavy atom. The summed E-state index contributed by atoms with van der Waals surface area (Å²) in [5.41, 5.74) is 5.59. The summed E-state index contributed by atoms with van der Waals surface area (Å²) < 4.78 is 5.71. The highest BCUT2D eigenvalue weighted by Crippen LogP contribution is 2.23. The van der Waals surface area contributed by atoms with Crippen molar-refractivity contribution in [3.05, 3.63) is 33.5 Å². The number of nitrogens with zero attached hydrogens (tertiary/aromatic N) is 3. The molecule has 0 radical (unpaired) electrons. The number of hydrogen-bond acceptors (Lipinski definition) is 6. The maximum atomic E-state index is 12.6. The van der Waals surface area contributed by atoms with Gasteiger partial charge in [-0.25, -0.2) is 4.98 Å². The number of carbonyl (C=O) groups excluding carboxylic acids is 2. The van der Waals surface area contributed by atoms with Gasteiger partial charge in [0.15, 0.2) is 5.82 Å². The molecule has 3 rings (SSSR count). The van der Waals surface area contributed by atoms with Gasteiger partial charge in [-0.3, -0.25) is 14.7 Å². The van der Waals surface area contributed by atoms with Gasteiger partial charge in [-0.15, -0.1) is 11.3 Å². The van der Waals surface area contributed by atoms with Crippen molar-refractivity contribution in [1.29, 1.82) is 0 Å². The summed E-state index contributed by atoms with van der Waals surface area (Å²) in [7, 11) is 0. The number of primary amides is 1. The molecule has 0 unspecified atom stereocenters. The van der Waals surface area contributed by atoms with E-state index in [4.69, 9.17) is 10.5 Å². The highest BCUT2D eigenvalue weighted by Gasteiger charge is 2.29. The molecule has 128 valence electrons. The Balaban J connectivity index is 1.69. The Hall–Kier alpha value is -2.26. The molecule has 0 aromatic carbocycles. The summed E-state index contributed by atoms with van der Waals surface area (Å²) in [5, 5.41) is 8.69. The Bertz CT molecular complexity index is 741. The molecule has 2 aromatic heterocycles. The van der Waals surface area contributed by atoms with Gasteiger partial charge in [-0.05, 0) is 12.5 Å². The van der Waals surface area contributed by atoms with Gasteiger partial charge >= 0.3 is 0 Å². The Labute approximate surface area is 143 Å². The van der Waals surface area contributed by atoms with Crippen LogP contribution in [0.1, 0.15) is 51.1 Å². The normalized spacial score (nSPS) is 17.9. The van der Waals surface area contributed by atoms with Crippen LogP contribution < -0.4 is 5.73 Å². The van der Waals surface area contributed by atoms with Crippen LogP contribution in [0, 0.1) is 0 Å². The summed E-state index contributed by atoms with van der Waals surface area (Å²) >= 11 is 1.22. The van der Waals surface area contributed by atoms with Crippen molar-refractivity contribution in [2.45, 2.75) is 25.9 Å². The zero-order chi connectivity index (χ0) is 17.1. The molecule has 1 fully saturated rings. The number of thiophene rings is 1. The highest BCUT2D eigenvalue weighted by atomic mass is 32.1. The van der Waals surface area contributed by atoms with Gasteiger partial charge in [-0.1, -0.05) is 6.92 Å². The lowest BCUT2D eigenvalue weighted by atomic mass is 10.2. The number of hydrogen-bond donors (Lipinski definition) is 2. The molecule has 24 heavy (non-hydrogen) atoms. The summed E-state index contributed by atoms with van der Waals surface area (Å²) in [6.07, 6.45) is 1.46. The average molecular weight is 349 g/mol. The summed E-state index contributed by atoms with van der Waals surface area (Å²) in [5.74, 6) is 0.725. The van der Waals surface area contributed by atoms with Crippen molar-refractivity contribution in [3.8, 4) is 0 Å². The SMILES string of the molecule is CCCc1nc([C@H]2CN(C(=O)c3cc(C(N)=O)cs3)CCO2)n[nH]1. The van der Waals surface area contributed by atoms with Crippen LogP contribution in [0.5, 0.6) is 0 Å². The number of nitrogens with two attached hydrogens (primary N) is 1. The second-order valence-corrected chi connectivity index (χ2v) is 6.48. The molecular weight excluding hydrogens is 330 g/mol. The third kappa shape index (κ3) is 3.46. The topological polar surface area (TPSA) is 114 Å². The van der Waals surface area contributed by atoms with Crippen molar-refractivity contribution in [1.82, 2.24) is 20.1 Å². The number of aromatic nitrogens is 3. The van der Waals surface area contributed by atoms with E-state index in [-0.39, 0.29) is 12.0 Å². The first-order valence-electron chi connectivity index (χ1n) is 7.79. The maximum Gasteiger partial charge on any atom is 0.264 e. The third-order valence-electron chi connectivity index (χ3n) is 3.77. The van der Waals surface area contributed by atoms with E-state index in [9.17, 15) is 9.59 Å². The zero-order valence-corrected chi connectivity index (χ0v) is 14.1. The molecule has 0 aliphatic carbocycles. The number of rotatable bonds is 5. The fraction of sp³-hybridized carbons (Fsp3) is 0.467. The van der Waals surface area contributed by atoms with Crippen molar-refractivity contribution >= 4 is 23.2 Å². The van der Waals surface area contributed by atoms with Crippen LogP contribution in [-0.4, -0.2) is 51.6 Å². The molecule has 3 heterocycles. The molecule has 1 atom stereocenters. The van der Waals surface area contributed by atoms with E-state index in [1.807, 2.05) is 0 Å². The van der Waals surface area contributed by atoms with E-state index in [1.54, 1.807) is 10.3 Å². The van der Waals surface area contributed by atoms with Crippen LogP contribution in [-0.2, 0) is 11.2 Å². The van der Waals surface area contributed by atoms with Crippen molar-refractivity contribution < 1.29 is 14.3 Å².